The normalized spacial score (nSPS) is 22.8. The molecule has 2 heterocycles. The van der Waals surface area contributed by atoms with E-state index < -0.39 is 21.9 Å². The molecule has 3 aromatic carbocycles. The van der Waals surface area contributed by atoms with Crippen molar-refractivity contribution in [3.05, 3.63) is 83.9 Å². The summed E-state index contributed by atoms with van der Waals surface area (Å²) in [5.74, 6) is -0.928. The van der Waals surface area contributed by atoms with Gasteiger partial charge in [0.15, 0.2) is 0 Å². The molecule has 5 nitrogen and oxygen atoms in total. The smallest absolute Gasteiger partial charge is 0.243 e. The van der Waals surface area contributed by atoms with E-state index in [0.717, 1.165) is 34.5 Å². The van der Waals surface area contributed by atoms with E-state index in [4.69, 9.17) is 0 Å². The third-order valence-corrected chi connectivity index (χ3v) is 8.80. The molecule has 0 aromatic heterocycles. The molecule has 5 rings (SSSR count). The highest BCUT2D eigenvalue weighted by Crippen LogP contribution is 2.51. The summed E-state index contributed by atoms with van der Waals surface area (Å²) in [7, 11) is -1.98. The molecular weight excluding hydrogens is 446 g/mol. The second-order valence-corrected chi connectivity index (χ2v) is 10.5. The van der Waals surface area contributed by atoms with Crippen LogP contribution in [0, 0.1) is 17.6 Å². The maximum Gasteiger partial charge on any atom is 0.243 e. The van der Waals surface area contributed by atoms with Gasteiger partial charge in [-0.05, 0) is 71.6 Å². The van der Waals surface area contributed by atoms with E-state index >= 15 is 0 Å². The molecule has 2 aliphatic rings. The van der Waals surface area contributed by atoms with Crippen molar-refractivity contribution in [3.8, 4) is 11.1 Å². The number of hydrogen-bond acceptors (Lipinski definition) is 4. The van der Waals surface area contributed by atoms with Gasteiger partial charge in [0.1, 0.15) is 11.6 Å². The van der Waals surface area contributed by atoms with Gasteiger partial charge in [0, 0.05) is 25.2 Å². The van der Waals surface area contributed by atoms with Gasteiger partial charge >= 0.3 is 0 Å². The maximum atomic E-state index is 13.6. The summed E-state index contributed by atoms with van der Waals surface area (Å²) in [6.07, 6.45) is 0.598. The molecule has 0 unspecified atom stereocenters. The van der Waals surface area contributed by atoms with Crippen molar-refractivity contribution in [1.82, 2.24) is 4.31 Å². The van der Waals surface area contributed by atoms with Crippen molar-refractivity contribution < 1.29 is 22.3 Å². The standard InChI is InChI=1S/C25H24F2N2O3S/c1-28-23-11-4-17(16-2-5-18(26)6-3-16)14-22(23)25-21(24(28)15-30)12-13-29(25)33(31,32)20-9-7-19(27)8-10-20/h2-11,14,21,24-25,30H,12-13,15H2,1H3/t21-,24+,25-/m1/s1. The van der Waals surface area contributed by atoms with Crippen LogP contribution in [-0.4, -0.2) is 44.1 Å². The molecule has 1 N–H and O–H groups in total. The average Bonchev–Trinajstić information content (AvgIpc) is 3.26. The van der Waals surface area contributed by atoms with E-state index in [2.05, 4.69) is 0 Å². The zero-order chi connectivity index (χ0) is 23.3. The highest BCUT2D eigenvalue weighted by atomic mass is 32.2. The Balaban J connectivity index is 1.63. The van der Waals surface area contributed by atoms with Crippen LogP contribution in [-0.2, 0) is 10.0 Å². The van der Waals surface area contributed by atoms with E-state index in [9.17, 15) is 22.3 Å². The second kappa shape index (κ2) is 8.20. The van der Waals surface area contributed by atoms with Gasteiger partial charge in [0.05, 0.1) is 23.6 Å². The Labute approximate surface area is 191 Å². The summed E-state index contributed by atoms with van der Waals surface area (Å²) >= 11 is 0. The Morgan fingerprint density at radius 1 is 0.939 bits per heavy atom. The lowest BCUT2D eigenvalue weighted by Crippen LogP contribution is -2.48. The van der Waals surface area contributed by atoms with Crippen molar-refractivity contribution in [3.63, 3.8) is 0 Å². The lowest BCUT2D eigenvalue weighted by Gasteiger charge is -2.44. The minimum absolute atomic E-state index is 0.0419. The average molecular weight is 471 g/mol. The lowest BCUT2D eigenvalue weighted by atomic mass is 9.81. The fraction of sp³-hybridized carbons (Fsp3) is 0.280. The van der Waals surface area contributed by atoms with Crippen LogP contribution in [0.25, 0.3) is 11.1 Å². The number of fused-ring (bicyclic) bond motifs is 3. The van der Waals surface area contributed by atoms with Crippen LogP contribution in [0.5, 0.6) is 0 Å². The van der Waals surface area contributed by atoms with E-state index in [-0.39, 0.29) is 29.3 Å². The summed E-state index contributed by atoms with van der Waals surface area (Å²) in [5.41, 5.74) is 3.38. The van der Waals surface area contributed by atoms with Crippen LogP contribution in [0.2, 0.25) is 0 Å². The fourth-order valence-electron chi connectivity index (χ4n) is 5.25. The number of benzene rings is 3. The SMILES string of the molecule is CN1c2ccc(-c3ccc(F)cc3)cc2[C@H]2[C@H](CCN2S(=O)(=O)c2ccc(F)cc2)[C@@H]1CO. The Morgan fingerprint density at radius 3 is 2.18 bits per heavy atom. The number of aliphatic hydroxyl groups excluding tert-OH is 1. The van der Waals surface area contributed by atoms with Gasteiger partial charge in [-0.3, -0.25) is 0 Å². The lowest BCUT2D eigenvalue weighted by molar-refractivity contribution is 0.193. The molecule has 1 saturated heterocycles. The number of anilines is 1. The van der Waals surface area contributed by atoms with Crippen LogP contribution >= 0.6 is 0 Å². The van der Waals surface area contributed by atoms with Gasteiger partial charge in [0.25, 0.3) is 0 Å². The van der Waals surface area contributed by atoms with Gasteiger partial charge in [-0.2, -0.15) is 4.31 Å². The second-order valence-electron chi connectivity index (χ2n) is 8.61. The van der Waals surface area contributed by atoms with Crippen LogP contribution in [0.15, 0.2) is 71.6 Å². The summed E-state index contributed by atoms with van der Waals surface area (Å²) < 4.78 is 55.5. The number of aliphatic hydroxyl groups is 1. The number of likely N-dealkylation sites (N-methyl/N-ethyl adjacent to an activating group) is 1. The molecular formula is C25H24F2N2O3S. The summed E-state index contributed by atoms with van der Waals surface area (Å²) in [6.45, 7) is 0.209. The van der Waals surface area contributed by atoms with Crippen LogP contribution < -0.4 is 4.90 Å². The van der Waals surface area contributed by atoms with Gasteiger partial charge in [-0.25, -0.2) is 17.2 Å². The predicted molar refractivity (Wildman–Crippen MR) is 122 cm³/mol. The quantitative estimate of drug-likeness (QED) is 0.621. The largest absolute Gasteiger partial charge is 0.394 e. The topological polar surface area (TPSA) is 60.9 Å². The molecule has 1 fully saturated rings. The monoisotopic (exact) mass is 470 g/mol. The fourth-order valence-corrected chi connectivity index (χ4v) is 6.91. The van der Waals surface area contributed by atoms with Crippen molar-refractivity contribution in [2.75, 3.05) is 25.1 Å². The van der Waals surface area contributed by atoms with Crippen LogP contribution in [0.3, 0.4) is 0 Å². The third kappa shape index (κ3) is 3.62. The summed E-state index contributed by atoms with van der Waals surface area (Å²) in [6, 6.07) is 16.1. The Morgan fingerprint density at radius 2 is 1.55 bits per heavy atom. The van der Waals surface area contributed by atoms with E-state index in [1.54, 1.807) is 12.1 Å². The Kier molecular flexibility index (Phi) is 5.47. The van der Waals surface area contributed by atoms with Crippen LogP contribution in [0.1, 0.15) is 18.0 Å². The molecule has 33 heavy (non-hydrogen) atoms. The Bertz CT molecular complexity index is 1280. The molecule has 0 aliphatic carbocycles. The molecule has 0 spiro atoms. The molecule has 0 amide bonds. The first-order valence-electron chi connectivity index (χ1n) is 10.8. The minimum atomic E-state index is -3.88. The first-order chi connectivity index (χ1) is 15.8. The number of hydrogen-bond donors (Lipinski definition) is 1. The van der Waals surface area contributed by atoms with Gasteiger partial charge in [0.2, 0.25) is 10.0 Å². The molecule has 3 atom stereocenters. The molecule has 172 valence electrons. The van der Waals surface area contributed by atoms with E-state index in [1.807, 2.05) is 30.1 Å². The predicted octanol–water partition coefficient (Wildman–Crippen LogP) is 4.19. The minimum Gasteiger partial charge on any atom is -0.394 e. The number of halogens is 2. The summed E-state index contributed by atoms with van der Waals surface area (Å²) in [4.78, 5) is 2.05. The zero-order valence-corrected chi connectivity index (χ0v) is 18.8. The van der Waals surface area contributed by atoms with Crippen molar-refractivity contribution in [1.29, 1.82) is 0 Å². The Hall–Kier alpha value is -2.81. The first kappa shape index (κ1) is 22.0. The number of nitrogens with zero attached hydrogens (tertiary/aromatic N) is 2. The first-order valence-corrected chi connectivity index (χ1v) is 12.3. The molecule has 3 aromatic rings. The van der Waals surface area contributed by atoms with Gasteiger partial charge < -0.3 is 10.0 Å². The highest BCUT2D eigenvalue weighted by Gasteiger charge is 2.50. The van der Waals surface area contributed by atoms with Crippen molar-refractivity contribution in [2.45, 2.75) is 23.4 Å². The van der Waals surface area contributed by atoms with Crippen molar-refractivity contribution >= 4 is 15.7 Å². The van der Waals surface area contributed by atoms with Gasteiger partial charge in [-0.15, -0.1) is 0 Å². The third-order valence-electron chi connectivity index (χ3n) is 6.90. The molecule has 2 aliphatic heterocycles. The number of rotatable bonds is 4. The number of sulfonamides is 1. The maximum absolute atomic E-state index is 13.6. The molecule has 8 heteroatoms. The summed E-state index contributed by atoms with van der Waals surface area (Å²) in [5, 5.41) is 10.1. The van der Waals surface area contributed by atoms with E-state index in [0.29, 0.717) is 13.0 Å². The van der Waals surface area contributed by atoms with Gasteiger partial charge in [-0.1, -0.05) is 18.2 Å². The molecule has 0 bridgehead atoms. The van der Waals surface area contributed by atoms with E-state index in [1.165, 1.54) is 28.6 Å². The highest BCUT2D eigenvalue weighted by molar-refractivity contribution is 7.89. The molecule has 0 radical (unpaired) electrons. The van der Waals surface area contributed by atoms with Crippen molar-refractivity contribution in [2.24, 2.45) is 5.92 Å². The molecule has 0 saturated carbocycles. The zero-order valence-electron chi connectivity index (χ0n) is 18.0. The van der Waals surface area contributed by atoms with Crippen LogP contribution in [0.4, 0.5) is 14.5 Å².